The van der Waals surface area contributed by atoms with Crippen LogP contribution in [0.5, 0.6) is 0 Å². The molecule has 0 amide bonds. The molecule has 1 N–H and O–H groups in total. The fourth-order valence-electron chi connectivity index (χ4n) is 1.49. The lowest BCUT2D eigenvalue weighted by atomic mass is 9.93. The zero-order chi connectivity index (χ0) is 10.7. The zero-order valence-corrected chi connectivity index (χ0v) is 8.63. The Morgan fingerprint density at radius 3 is 2.57 bits per heavy atom. The predicted molar refractivity (Wildman–Crippen MR) is 55.5 cm³/mol. The Morgan fingerprint density at radius 2 is 2.07 bits per heavy atom. The minimum Gasteiger partial charge on any atom is -0.393 e. The Kier molecular flexibility index (Phi) is 3.64. The molecule has 0 bridgehead atoms. The lowest BCUT2D eigenvalue weighted by Gasteiger charge is -2.17. The van der Waals surface area contributed by atoms with Crippen molar-refractivity contribution in [2.24, 2.45) is 0 Å². The molecule has 77 valence electrons. The Morgan fingerprint density at radius 1 is 1.43 bits per heavy atom. The van der Waals surface area contributed by atoms with E-state index in [0.29, 0.717) is 6.42 Å². The Hall–Kier alpha value is -0.890. The van der Waals surface area contributed by atoms with E-state index in [9.17, 15) is 9.50 Å². The first-order chi connectivity index (χ1) is 6.54. The maximum absolute atomic E-state index is 13.0. The molecule has 0 spiro atoms. The molecule has 2 heteroatoms. The summed E-state index contributed by atoms with van der Waals surface area (Å²) >= 11 is 0. The molecular formula is C12H16FO. The summed E-state index contributed by atoms with van der Waals surface area (Å²) in [7, 11) is 0. The van der Waals surface area contributed by atoms with Crippen molar-refractivity contribution in [3.63, 3.8) is 0 Å². The van der Waals surface area contributed by atoms with Gasteiger partial charge in [-0.3, -0.25) is 0 Å². The summed E-state index contributed by atoms with van der Waals surface area (Å²) in [6.07, 6.45) is 0.125. The third-order valence-electron chi connectivity index (χ3n) is 2.38. The molecule has 0 heterocycles. The summed E-state index contributed by atoms with van der Waals surface area (Å²) in [6.45, 7) is 7.56. The number of hydrogen-bond donors (Lipinski definition) is 1. The Bertz CT molecular complexity index is 289. The average Bonchev–Trinajstić information content (AvgIpc) is 2.14. The lowest BCUT2D eigenvalue weighted by molar-refractivity contribution is 0.154. The second kappa shape index (κ2) is 4.56. The fraction of sp³-hybridized carbons (Fsp3) is 0.417. The standard InChI is InChI=1S/C12H16FO/c1-4-12(14)9(3)10-5-8(2)6-11(13)7-10/h5-7,9,12,14H,3-4H2,1-2H3. The first kappa shape index (κ1) is 11.2. The summed E-state index contributed by atoms with van der Waals surface area (Å²) in [5, 5.41) is 9.58. The van der Waals surface area contributed by atoms with Crippen LogP contribution in [0.25, 0.3) is 0 Å². The number of aryl methyl sites for hydroxylation is 1. The quantitative estimate of drug-likeness (QED) is 0.786. The molecular weight excluding hydrogens is 179 g/mol. The van der Waals surface area contributed by atoms with Crippen LogP contribution >= 0.6 is 0 Å². The Labute approximate surface area is 84.6 Å². The van der Waals surface area contributed by atoms with E-state index in [4.69, 9.17) is 0 Å². The van der Waals surface area contributed by atoms with Crippen molar-refractivity contribution in [3.05, 3.63) is 42.1 Å². The fourth-order valence-corrected chi connectivity index (χ4v) is 1.49. The van der Waals surface area contributed by atoms with Gasteiger partial charge in [0.05, 0.1) is 6.10 Å². The highest BCUT2D eigenvalue weighted by molar-refractivity contribution is 5.28. The first-order valence-electron chi connectivity index (χ1n) is 4.82. The van der Waals surface area contributed by atoms with Crippen LogP contribution in [0.4, 0.5) is 4.39 Å². The third-order valence-corrected chi connectivity index (χ3v) is 2.38. The van der Waals surface area contributed by atoms with Gasteiger partial charge in [-0.15, -0.1) is 0 Å². The molecule has 0 saturated carbocycles. The molecule has 1 aromatic rings. The van der Waals surface area contributed by atoms with Crippen LogP contribution in [0.3, 0.4) is 0 Å². The summed E-state index contributed by atoms with van der Waals surface area (Å²) in [6, 6.07) is 4.76. The lowest BCUT2D eigenvalue weighted by Crippen LogP contribution is -2.14. The largest absolute Gasteiger partial charge is 0.393 e. The van der Waals surface area contributed by atoms with Crippen molar-refractivity contribution < 1.29 is 9.50 Å². The van der Waals surface area contributed by atoms with Crippen molar-refractivity contribution in [3.8, 4) is 0 Å². The van der Waals surface area contributed by atoms with Crippen LogP contribution < -0.4 is 0 Å². The van der Waals surface area contributed by atoms with Crippen LogP contribution in [-0.4, -0.2) is 11.2 Å². The second-order valence-electron chi connectivity index (χ2n) is 3.64. The maximum atomic E-state index is 13.0. The van der Waals surface area contributed by atoms with Crippen molar-refractivity contribution in [1.82, 2.24) is 0 Å². The van der Waals surface area contributed by atoms with Gasteiger partial charge in [0.15, 0.2) is 0 Å². The number of aliphatic hydroxyl groups excluding tert-OH is 1. The van der Waals surface area contributed by atoms with Gasteiger partial charge in [0.25, 0.3) is 0 Å². The van der Waals surface area contributed by atoms with Gasteiger partial charge in [0.2, 0.25) is 0 Å². The molecule has 0 fully saturated rings. The SMILES string of the molecule is [CH2]C(c1cc(C)cc(F)c1)C(O)CC. The molecule has 14 heavy (non-hydrogen) atoms. The van der Waals surface area contributed by atoms with Crippen molar-refractivity contribution in [2.75, 3.05) is 0 Å². The van der Waals surface area contributed by atoms with E-state index in [1.165, 1.54) is 12.1 Å². The van der Waals surface area contributed by atoms with Crippen molar-refractivity contribution >= 4 is 0 Å². The minimum absolute atomic E-state index is 0.255. The van der Waals surface area contributed by atoms with Gasteiger partial charge >= 0.3 is 0 Å². The summed E-state index contributed by atoms with van der Waals surface area (Å²) < 4.78 is 13.0. The highest BCUT2D eigenvalue weighted by atomic mass is 19.1. The maximum Gasteiger partial charge on any atom is 0.123 e. The van der Waals surface area contributed by atoms with E-state index in [1.807, 2.05) is 19.9 Å². The number of benzene rings is 1. The number of hydrogen-bond acceptors (Lipinski definition) is 1. The summed E-state index contributed by atoms with van der Waals surface area (Å²) in [4.78, 5) is 0. The molecule has 2 unspecified atom stereocenters. The van der Waals surface area contributed by atoms with Crippen LogP contribution in [0, 0.1) is 19.7 Å². The van der Waals surface area contributed by atoms with Crippen LogP contribution in [0.15, 0.2) is 18.2 Å². The van der Waals surface area contributed by atoms with Crippen molar-refractivity contribution in [1.29, 1.82) is 0 Å². The molecule has 0 aliphatic carbocycles. The monoisotopic (exact) mass is 195 g/mol. The smallest absolute Gasteiger partial charge is 0.123 e. The van der Waals surface area contributed by atoms with E-state index in [1.54, 1.807) is 0 Å². The highest BCUT2D eigenvalue weighted by Gasteiger charge is 2.15. The van der Waals surface area contributed by atoms with E-state index < -0.39 is 6.10 Å². The molecule has 2 atom stereocenters. The molecule has 0 saturated heterocycles. The highest BCUT2D eigenvalue weighted by Crippen LogP contribution is 2.22. The molecule has 0 aromatic heterocycles. The van der Waals surface area contributed by atoms with E-state index >= 15 is 0 Å². The third kappa shape index (κ3) is 2.55. The topological polar surface area (TPSA) is 20.2 Å². The molecule has 1 nitrogen and oxygen atoms in total. The summed E-state index contributed by atoms with van der Waals surface area (Å²) in [5.74, 6) is -0.522. The molecule has 1 radical (unpaired) electrons. The van der Waals surface area contributed by atoms with Crippen molar-refractivity contribution in [2.45, 2.75) is 32.3 Å². The number of rotatable bonds is 3. The first-order valence-corrected chi connectivity index (χ1v) is 4.82. The molecule has 0 aliphatic heterocycles. The van der Waals surface area contributed by atoms with Crippen LogP contribution in [0.2, 0.25) is 0 Å². The van der Waals surface area contributed by atoms with Gasteiger partial charge in [0.1, 0.15) is 5.82 Å². The molecule has 0 aliphatic rings. The van der Waals surface area contributed by atoms with E-state index in [0.717, 1.165) is 11.1 Å². The predicted octanol–water partition coefficient (Wildman–Crippen LogP) is 2.82. The van der Waals surface area contributed by atoms with Gasteiger partial charge in [0, 0.05) is 5.92 Å². The van der Waals surface area contributed by atoms with Crippen LogP contribution in [-0.2, 0) is 0 Å². The van der Waals surface area contributed by atoms with Gasteiger partial charge in [-0.25, -0.2) is 4.39 Å². The molecule has 1 rings (SSSR count). The van der Waals surface area contributed by atoms with E-state index in [2.05, 4.69) is 6.92 Å². The number of aliphatic hydroxyl groups is 1. The molecule has 1 aromatic carbocycles. The van der Waals surface area contributed by atoms with Gasteiger partial charge in [-0.2, -0.15) is 0 Å². The number of halogens is 1. The Balaban J connectivity index is 2.94. The minimum atomic E-state index is -0.504. The average molecular weight is 195 g/mol. The van der Waals surface area contributed by atoms with Crippen LogP contribution in [0.1, 0.15) is 30.4 Å². The van der Waals surface area contributed by atoms with Gasteiger partial charge in [-0.1, -0.05) is 13.0 Å². The van der Waals surface area contributed by atoms with Gasteiger partial charge < -0.3 is 5.11 Å². The second-order valence-corrected chi connectivity index (χ2v) is 3.64. The zero-order valence-electron chi connectivity index (χ0n) is 8.63. The normalized spacial score (nSPS) is 15.2. The summed E-state index contributed by atoms with van der Waals surface area (Å²) in [5.41, 5.74) is 1.62. The van der Waals surface area contributed by atoms with Gasteiger partial charge in [-0.05, 0) is 43.5 Å². The van der Waals surface area contributed by atoms with E-state index in [-0.39, 0.29) is 11.7 Å².